The van der Waals surface area contributed by atoms with Crippen LogP contribution in [0.25, 0.3) is 6.08 Å². The molecule has 1 atom stereocenters. The summed E-state index contributed by atoms with van der Waals surface area (Å²) >= 11 is 0. The molecule has 1 amide bonds. The van der Waals surface area contributed by atoms with E-state index in [0.29, 0.717) is 12.0 Å². The van der Waals surface area contributed by atoms with Gasteiger partial charge in [-0.25, -0.2) is 0 Å². The summed E-state index contributed by atoms with van der Waals surface area (Å²) in [7, 11) is 0. The first kappa shape index (κ1) is 20.6. The summed E-state index contributed by atoms with van der Waals surface area (Å²) in [6.45, 7) is 9.38. The molecule has 1 aromatic rings. The maximum atomic E-state index is 12.5. The zero-order valence-electron chi connectivity index (χ0n) is 14.6. The minimum Gasteiger partial charge on any atom is -0.345 e. The molecule has 0 heterocycles. The highest BCUT2D eigenvalue weighted by atomic mass is 16.6. The SMILES string of the molecule is C=C/C=C(\C=C)[C@H](CCC)NC(=O)/C(C#N)=C/c1ccc([N+](=O)[O-])cc1. The fraction of sp³-hybridized carbons (Fsp3) is 0.200. The average Bonchev–Trinajstić information content (AvgIpc) is 2.64. The fourth-order valence-electron chi connectivity index (χ4n) is 2.32. The lowest BCUT2D eigenvalue weighted by atomic mass is 10.0. The standard InChI is InChI=1S/C20H21N3O3/c1-4-7-16(6-3)19(8-5-2)22-20(24)17(14-21)13-15-9-11-18(12-10-15)23(25)26/h4,6-7,9-13,19H,1,3,5,8H2,2H3,(H,22,24)/b16-7+,17-13+/t19-/m0/s1. The van der Waals surface area contributed by atoms with E-state index in [-0.39, 0.29) is 17.3 Å². The first-order chi connectivity index (χ1) is 12.5. The molecule has 0 aliphatic heterocycles. The van der Waals surface area contributed by atoms with Crippen molar-refractivity contribution in [2.24, 2.45) is 0 Å². The minimum atomic E-state index is -0.513. The Kier molecular flexibility index (Phi) is 8.24. The highest BCUT2D eigenvalue weighted by Gasteiger charge is 2.17. The van der Waals surface area contributed by atoms with Crippen LogP contribution in [0, 0.1) is 21.4 Å². The van der Waals surface area contributed by atoms with Crippen molar-refractivity contribution in [1.82, 2.24) is 5.32 Å². The summed E-state index contributed by atoms with van der Waals surface area (Å²) in [5.41, 5.74) is 1.20. The van der Waals surface area contributed by atoms with Crippen LogP contribution in [-0.2, 0) is 4.79 Å². The summed E-state index contributed by atoms with van der Waals surface area (Å²) in [6, 6.07) is 7.20. The molecular formula is C20H21N3O3. The molecule has 0 aliphatic carbocycles. The zero-order chi connectivity index (χ0) is 19.5. The minimum absolute atomic E-state index is 0.0571. The summed E-state index contributed by atoms with van der Waals surface area (Å²) in [5, 5.41) is 22.8. The molecule has 0 saturated carbocycles. The lowest BCUT2D eigenvalue weighted by Crippen LogP contribution is -2.36. The monoisotopic (exact) mass is 351 g/mol. The summed E-state index contributed by atoms with van der Waals surface area (Å²) in [4.78, 5) is 22.6. The molecule has 1 N–H and O–H groups in total. The molecule has 0 saturated heterocycles. The molecule has 0 aliphatic rings. The van der Waals surface area contributed by atoms with E-state index in [4.69, 9.17) is 0 Å². The number of amides is 1. The van der Waals surface area contributed by atoms with Crippen LogP contribution in [0.2, 0.25) is 0 Å². The van der Waals surface area contributed by atoms with Gasteiger partial charge in [-0.05, 0) is 35.8 Å². The topological polar surface area (TPSA) is 96.0 Å². The Bertz CT molecular complexity index is 784. The largest absolute Gasteiger partial charge is 0.345 e. The third kappa shape index (κ3) is 5.87. The van der Waals surface area contributed by atoms with E-state index in [0.717, 1.165) is 12.0 Å². The van der Waals surface area contributed by atoms with Crippen molar-refractivity contribution in [3.63, 3.8) is 0 Å². The number of rotatable bonds is 9. The summed E-state index contributed by atoms with van der Waals surface area (Å²) < 4.78 is 0. The van der Waals surface area contributed by atoms with Crippen molar-refractivity contribution in [1.29, 1.82) is 5.26 Å². The number of carbonyl (C=O) groups excluding carboxylic acids is 1. The molecule has 6 heteroatoms. The molecule has 0 radical (unpaired) electrons. The summed E-state index contributed by atoms with van der Waals surface area (Å²) in [6.07, 6.45) is 7.94. The molecule has 0 fully saturated rings. The van der Waals surface area contributed by atoms with Crippen LogP contribution < -0.4 is 5.32 Å². The van der Waals surface area contributed by atoms with Gasteiger partial charge in [0.05, 0.1) is 11.0 Å². The van der Waals surface area contributed by atoms with Gasteiger partial charge >= 0.3 is 0 Å². The number of carbonyl (C=O) groups is 1. The summed E-state index contributed by atoms with van der Waals surface area (Å²) in [5.74, 6) is -0.513. The van der Waals surface area contributed by atoms with Crippen LogP contribution >= 0.6 is 0 Å². The maximum Gasteiger partial charge on any atom is 0.269 e. The van der Waals surface area contributed by atoms with Crippen LogP contribution in [0.5, 0.6) is 0 Å². The Hall–Kier alpha value is -3.46. The van der Waals surface area contributed by atoms with Gasteiger partial charge in [0, 0.05) is 12.1 Å². The zero-order valence-corrected chi connectivity index (χ0v) is 14.6. The van der Waals surface area contributed by atoms with Gasteiger partial charge < -0.3 is 5.32 Å². The number of hydrogen-bond acceptors (Lipinski definition) is 4. The van der Waals surface area contributed by atoms with E-state index in [2.05, 4.69) is 18.5 Å². The Morgan fingerprint density at radius 1 is 1.38 bits per heavy atom. The molecule has 1 aromatic carbocycles. The normalized spacial score (nSPS) is 12.6. The number of nitrogens with one attached hydrogen (secondary N) is 1. The van der Waals surface area contributed by atoms with E-state index in [1.807, 2.05) is 13.0 Å². The second-order valence-corrected chi connectivity index (χ2v) is 5.44. The highest BCUT2D eigenvalue weighted by Crippen LogP contribution is 2.15. The van der Waals surface area contributed by atoms with E-state index < -0.39 is 10.8 Å². The molecule has 134 valence electrons. The smallest absolute Gasteiger partial charge is 0.269 e. The molecule has 6 nitrogen and oxygen atoms in total. The van der Waals surface area contributed by atoms with Gasteiger partial charge in [-0.3, -0.25) is 14.9 Å². The molecule has 1 rings (SSSR count). The third-order valence-electron chi connectivity index (χ3n) is 3.61. The van der Waals surface area contributed by atoms with Crippen LogP contribution in [0.15, 0.2) is 66.8 Å². The van der Waals surface area contributed by atoms with Crippen LogP contribution in [0.1, 0.15) is 25.3 Å². The molecular weight excluding hydrogens is 330 g/mol. The first-order valence-corrected chi connectivity index (χ1v) is 8.09. The van der Waals surface area contributed by atoms with E-state index in [1.54, 1.807) is 18.2 Å². The van der Waals surface area contributed by atoms with Crippen molar-refractivity contribution in [2.45, 2.75) is 25.8 Å². The second-order valence-electron chi connectivity index (χ2n) is 5.44. The Morgan fingerprint density at radius 3 is 2.50 bits per heavy atom. The fourth-order valence-corrected chi connectivity index (χ4v) is 2.32. The van der Waals surface area contributed by atoms with Crippen molar-refractivity contribution >= 4 is 17.7 Å². The van der Waals surface area contributed by atoms with Gasteiger partial charge in [-0.2, -0.15) is 5.26 Å². The van der Waals surface area contributed by atoms with E-state index in [1.165, 1.54) is 30.3 Å². The molecule has 0 unspecified atom stereocenters. The van der Waals surface area contributed by atoms with Crippen molar-refractivity contribution in [2.75, 3.05) is 0 Å². The Labute approximate surface area is 153 Å². The predicted octanol–water partition coefficient (Wildman–Crippen LogP) is 4.09. The number of nitriles is 1. The number of benzene rings is 1. The Morgan fingerprint density at radius 2 is 2.04 bits per heavy atom. The number of nitro groups is 1. The van der Waals surface area contributed by atoms with Crippen molar-refractivity contribution in [3.8, 4) is 6.07 Å². The van der Waals surface area contributed by atoms with Crippen LogP contribution in [0.4, 0.5) is 5.69 Å². The van der Waals surface area contributed by atoms with Gasteiger partial charge in [-0.15, -0.1) is 0 Å². The van der Waals surface area contributed by atoms with Gasteiger partial charge in [-0.1, -0.05) is 44.7 Å². The third-order valence-corrected chi connectivity index (χ3v) is 3.61. The van der Waals surface area contributed by atoms with E-state index in [9.17, 15) is 20.2 Å². The number of non-ortho nitro benzene ring substituents is 1. The van der Waals surface area contributed by atoms with Gasteiger partial charge in [0.15, 0.2) is 0 Å². The molecule has 0 bridgehead atoms. The van der Waals surface area contributed by atoms with Gasteiger partial charge in [0.25, 0.3) is 11.6 Å². The highest BCUT2D eigenvalue weighted by molar-refractivity contribution is 6.02. The van der Waals surface area contributed by atoms with Crippen LogP contribution in [0.3, 0.4) is 0 Å². The van der Waals surface area contributed by atoms with Gasteiger partial charge in [0.2, 0.25) is 0 Å². The number of nitrogens with zero attached hydrogens (tertiary/aromatic N) is 2. The van der Waals surface area contributed by atoms with Crippen LogP contribution in [-0.4, -0.2) is 16.9 Å². The quantitative estimate of drug-likeness (QED) is 0.238. The lowest BCUT2D eigenvalue weighted by molar-refractivity contribution is -0.384. The second kappa shape index (κ2) is 10.4. The first-order valence-electron chi connectivity index (χ1n) is 8.09. The Balaban J connectivity index is 3.04. The van der Waals surface area contributed by atoms with Gasteiger partial charge in [0.1, 0.15) is 11.6 Å². The molecule has 0 aromatic heterocycles. The van der Waals surface area contributed by atoms with Crippen molar-refractivity contribution in [3.05, 3.63) is 82.5 Å². The number of nitro benzene ring substituents is 1. The number of hydrogen-bond donors (Lipinski definition) is 1. The number of allylic oxidation sites excluding steroid dienone is 2. The average molecular weight is 351 g/mol. The van der Waals surface area contributed by atoms with E-state index >= 15 is 0 Å². The molecule has 0 spiro atoms. The van der Waals surface area contributed by atoms with Crippen molar-refractivity contribution < 1.29 is 9.72 Å². The maximum absolute atomic E-state index is 12.5. The molecule has 26 heavy (non-hydrogen) atoms. The lowest BCUT2D eigenvalue weighted by Gasteiger charge is -2.19. The predicted molar refractivity (Wildman–Crippen MR) is 102 cm³/mol.